The number of para-hydroxylation sites is 3. The molecule has 0 fully saturated rings. The lowest BCUT2D eigenvalue weighted by atomic mass is 10.2. The van der Waals surface area contributed by atoms with Crippen molar-refractivity contribution in [1.82, 2.24) is 19.1 Å². The fourth-order valence-electron chi connectivity index (χ4n) is 4.85. The van der Waals surface area contributed by atoms with Crippen LogP contribution in [0, 0.1) is 6.92 Å². The number of benzene rings is 4. The predicted octanol–water partition coefficient (Wildman–Crippen LogP) is 6.98. The van der Waals surface area contributed by atoms with Gasteiger partial charge in [-0.2, -0.15) is 0 Å². The van der Waals surface area contributed by atoms with Gasteiger partial charge in [0.15, 0.2) is 11.3 Å². The molecule has 0 aliphatic rings. The molecule has 0 saturated carbocycles. The van der Waals surface area contributed by atoms with Gasteiger partial charge in [0.1, 0.15) is 11.0 Å². The van der Waals surface area contributed by atoms with Crippen molar-refractivity contribution in [2.75, 3.05) is 0 Å². The molecule has 4 heteroatoms. The lowest BCUT2D eigenvalue weighted by Gasteiger charge is -2.08. The smallest absolute Gasteiger partial charge is 0.165 e. The zero-order valence-electron chi connectivity index (χ0n) is 18.1. The van der Waals surface area contributed by atoms with E-state index in [0.29, 0.717) is 0 Å². The minimum absolute atomic E-state index is 0.877. The Morgan fingerprint density at radius 3 is 1.48 bits per heavy atom. The highest BCUT2D eigenvalue weighted by atomic mass is 15.1. The van der Waals surface area contributed by atoms with E-state index in [1.54, 1.807) is 0 Å². The van der Waals surface area contributed by atoms with Crippen LogP contribution in [0.4, 0.5) is 0 Å². The van der Waals surface area contributed by atoms with Crippen molar-refractivity contribution >= 4 is 44.1 Å². The highest BCUT2D eigenvalue weighted by Gasteiger charge is 2.20. The first-order valence-corrected chi connectivity index (χ1v) is 11.1. The number of aryl methyl sites for hydroxylation is 1. The first-order valence-electron chi connectivity index (χ1n) is 11.1. The van der Waals surface area contributed by atoms with Crippen LogP contribution in [0.2, 0.25) is 0 Å². The molecule has 0 unspecified atom stereocenters. The first-order chi connectivity index (χ1) is 16.3. The Hall–Kier alpha value is -4.44. The summed E-state index contributed by atoms with van der Waals surface area (Å²) in [5.41, 5.74) is 9.21. The van der Waals surface area contributed by atoms with Crippen molar-refractivity contribution in [3.05, 3.63) is 109 Å². The van der Waals surface area contributed by atoms with Crippen molar-refractivity contribution in [2.24, 2.45) is 0 Å². The van der Waals surface area contributed by atoms with Gasteiger partial charge in [-0.25, -0.2) is 9.97 Å². The molecule has 4 nitrogen and oxygen atoms in total. The maximum Gasteiger partial charge on any atom is 0.165 e. The lowest BCUT2D eigenvalue weighted by molar-refractivity contribution is 1.12. The highest BCUT2D eigenvalue weighted by molar-refractivity contribution is 6.12. The number of nitrogens with zero attached hydrogens (tertiary/aromatic N) is 4. The van der Waals surface area contributed by atoms with Crippen LogP contribution in [0.1, 0.15) is 5.56 Å². The molecule has 0 bridgehead atoms. The highest BCUT2D eigenvalue weighted by Crippen LogP contribution is 2.35. The Balaban J connectivity index is 1.68. The van der Waals surface area contributed by atoms with Gasteiger partial charge in [0.05, 0.1) is 11.0 Å². The Morgan fingerprint density at radius 2 is 0.939 bits per heavy atom. The monoisotopic (exact) mass is 424 g/mol. The second-order valence-corrected chi connectivity index (χ2v) is 8.44. The van der Waals surface area contributed by atoms with Gasteiger partial charge in [-0.05, 0) is 43.3 Å². The summed E-state index contributed by atoms with van der Waals surface area (Å²) in [4.78, 5) is 10.5. The normalized spacial score (nSPS) is 11.8. The van der Waals surface area contributed by atoms with E-state index in [1.165, 1.54) is 5.56 Å². The summed E-state index contributed by atoms with van der Waals surface area (Å²) in [5, 5.41) is 2.21. The predicted molar refractivity (Wildman–Crippen MR) is 135 cm³/mol. The van der Waals surface area contributed by atoms with Crippen molar-refractivity contribution < 1.29 is 0 Å². The number of hydrogen-bond donors (Lipinski definition) is 0. The number of rotatable bonds is 2. The van der Waals surface area contributed by atoms with Crippen LogP contribution in [-0.4, -0.2) is 19.1 Å². The summed E-state index contributed by atoms with van der Waals surface area (Å²) in [6.45, 7) is 2.11. The number of fused-ring (bicyclic) bond motifs is 6. The summed E-state index contributed by atoms with van der Waals surface area (Å²) in [5.74, 6) is 0. The quantitative estimate of drug-likeness (QED) is 0.300. The molecule has 0 spiro atoms. The van der Waals surface area contributed by atoms with Crippen LogP contribution in [0.5, 0.6) is 0 Å². The van der Waals surface area contributed by atoms with Gasteiger partial charge in [0.25, 0.3) is 0 Å². The summed E-state index contributed by atoms with van der Waals surface area (Å²) in [7, 11) is 0. The molecule has 156 valence electrons. The van der Waals surface area contributed by atoms with E-state index in [-0.39, 0.29) is 0 Å². The lowest BCUT2D eigenvalue weighted by Crippen LogP contribution is -1.98. The van der Waals surface area contributed by atoms with Crippen LogP contribution < -0.4 is 0 Å². The third-order valence-corrected chi connectivity index (χ3v) is 6.39. The average molecular weight is 425 g/mol. The molecule has 3 aromatic heterocycles. The minimum atomic E-state index is 0.877. The van der Waals surface area contributed by atoms with Crippen molar-refractivity contribution in [1.29, 1.82) is 0 Å². The van der Waals surface area contributed by atoms with E-state index < -0.39 is 0 Å². The molecule has 0 aliphatic heterocycles. The largest absolute Gasteiger partial charge is 0.293 e. The van der Waals surface area contributed by atoms with E-state index in [2.05, 4.69) is 113 Å². The molecular formula is C29H20N4. The van der Waals surface area contributed by atoms with Gasteiger partial charge >= 0.3 is 0 Å². The van der Waals surface area contributed by atoms with E-state index >= 15 is 0 Å². The molecule has 7 aromatic rings. The van der Waals surface area contributed by atoms with E-state index in [1.807, 2.05) is 6.07 Å². The van der Waals surface area contributed by atoms with Gasteiger partial charge in [0.2, 0.25) is 0 Å². The number of hydrogen-bond acceptors (Lipinski definition) is 2. The van der Waals surface area contributed by atoms with E-state index in [9.17, 15) is 0 Å². The third kappa shape index (κ3) is 2.58. The van der Waals surface area contributed by atoms with Crippen LogP contribution in [0.15, 0.2) is 103 Å². The fourth-order valence-corrected chi connectivity index (χ4v) is 4.85. The summed E-state index contributed by atoms with van der Waals surface area (Å²) < 4.78 is 4.44. The van der Waals surface area contributed by atoms with E-state index in [4.69, 9.17) is 9.97 Å². The standard InChI is InChI=1S/C29H20N4/c1-19-15-17-21(18-16-19)33-25-14-8-6-12-23(25)27-29(33)31-26-22-11-5-7-13-24(22)32(28(26)30-27)20-9-3-2-4-10-20/h2-18H,1H3. The van der Waals surface area contributed by atoms with Gasteiger partial charge < -0.3 is 0 Å². The SMILES string of the molecule is Cc1ccc(-n2c3ccccc3c3nc4c(nc32)c2ccccc2n4-c2ccccc2)cc1. The van der Waals surface area contributed by atoms with Crippen LogP contribution in [0.3, 0.4) is 0 Å². The second kappa shape index (κ2) is 6.78. The van der Waals surface area contributed by atoms with E-state index in [0.717, 1.165) is 55.5 Å². The Bertz CT molecular complexity index is 1810. The Kier molecular flexibility index (Phi) is 3.73. The molecule has 0 saturated heterocycles. The van der Waals surface area contributed by atoms with Gasteiger partial charge in [-0.3, -0.25) is 9.13 Å². The molecule has 3 heterocycles. The Morgan fingerprint density at radius 1 is 0.485 bits per heavy atom. The zero-order valence-corrected chi connectivity index (χ0v) is 18.1. The van der Waals surface area contributed by atoms with Gasteiger partial charge in [-0.15, -0.1) is 0 Å². The third-order valence-electron chi connectivity index (χ3n) is 6.39. The molecule has 0 radical (unpaired) electrons. The summed E-state index contributed by atoms with van der Waals surface area (Å²) >= 11 is 0. The molecule has 4 aromatic carbocycles. The maximum absolute atomic E-state index is 5.27. The fraction of sp³-hybridized carbons (Fsp3) is 0.0345. The molecule has 33 heavy (non-hydrogen) atoms. The second-order valence-electron chi connectivity index (χ2n) is 8.44. The molecular weight excluding hydrogens is 404 g/mol. The molecule has 0 amide bonds. The molecule has 0 atom stereocenters. The molecule has 0 aliphatic carbocycles. The first kappa shape index (κ1) is 18.2. The number of aromatic nitrogens is 4. The van der Waals surface area contributed by atoms with Crippen LogP contribution in [0.25, 0.3) is 55.5 Å². The van der Waals surface area contributed by atoms with Crippen LogP contribution >= 0.6 is 0 Å². The average Bonchev–Trinajstić information content (AvgIpc) is 3.36. The van der Waals surface area contributed by atoms with Crippen molar-refractivity contribution in [3.8, 4) is 11.4 Å². The van der Waals surface area contributed by atoms with Crippen molar-refractivity contribution in [2.45, 2.75) is 6.92 Å². The van der Waals surface area contributed by atoms with Gasteiger partial charge in [-0.1, -0.05) is 72.3 Å². The van der Waals surface area contributed by atoms with Gasteiger partial charge in [0, 0.05) is 22.1 Å². The Labute approximate surface area is 190 Å². The van der Waals surface area contributed by atoms with Crippen LogP contribution in [-0.2, 0) is 0 Å². The maximum atomic E-state index is 5.27. The molecule has 7 rings (SSSR count). The summed E-state index contributed by atoms with van der Waals surface area (Å²) in [6.07, 6.45) is 0. The summed E-state index contributed by atoms with van der Waals surface area (Å²) in [6, 6.07) is 35.8. The molecule has 0 N–H and O–H groups in total. The topological polar surface area (TPSA) is 35.6 Å². The minimum Gasteiger partial charge on any atom is -0.293 e. The zero-order chi connectivity index (χ0) is 21.9. The van der Waals surface area contributed by atoms with Crippen molar-refractivity contribution in [3.63, 3.8) is 0 Å².